The lowest BCUT2D eigenvalue weighted by atomic mass is 9.81. The maximum Gasteiger partial charge on any atom is 0.407 e. The molecule has 0 aromatic heterocycles. The molecule has 0 aliphatic heterocycles. The largest absolute Gasteiger partial charge is 0.481 e. The molecule has 19 heteroatoms. The van der Waals surface area contributed by atoms with Gasteiger partial charge in [-0.3, -0.25) is 9.59 Å². The van der Waals surface area contributed by atoms with E-state index < -0.39 is 36.3 Å². The molecule has 4 aliphatic rings. The van der Waals surface area contributed by atoms with Crippen molar-refractivity contribution in [3.05, 3.63) is 119 Å². The summed E-state index contributed by atoms with van der Waals surface area (Å²) in [6.45, 7) is 5.28. The molecule has 2 atom stereocenters. The highest BCUT2D eigenvalue weighted by molar-refractivity contribution is 5.82. The maximum absolute atomic E-state index is 12.5. The molecule has 0 radical (unpaired) electrons. The number of carbonyl (C=O) groups is 6. The molecule has 4 aromatic rings. The van der Waals surface area contributed by atoms with E-state index in [4.69, 9.17) is 14.6 Å². The Bertz CT molecular complexity index is 2580. The second-order valence-corrected chi connectivity index (χ2v) is 19.6. The Morgan fingerprint density at radius 3 is 1.19 bits per heavy atom. The van der Waals surface area contributed by atoms with Gasteiger partial charge in [0, 0.05) is 50.3 Å². The van der Waals surface area contributed by atoms with Crippen LogP contribution in [0.4, 0.5) is 19.2 Å². The predicted molar refractivity (Wildman–Crippen MR) is 318 cm³/mol. The number of carbonyl (C=O) groups excluding carboxylic acids is 5. The van der Waals surface area contributed by atoms with Crippen LogP contribution in [0.25, 0.3) is 22.3 Å². The van der Waals surface area contributed by atoms with Crippen molar-refractivity contribution in [2.24, 2.45) is 39.6 Å². The molecule has 0 unspecified atom stereocenters. The van der Waals surface area contributed by atoms with Gasteiger partial charge in [-0.2, -0.15) is 10.2 Å². The van der Waals surface area contributed by atoms with E-state index in [1.165, 1.54) is 41.7 Å². The summed E-state index contributed by atoms with van der Waals surface area (Å²) in [5, 5.41) is 30.9. The van der Waals surface area contributed by atoms with Gasteiger partial charge in [0.2, 0.25) is 5.91 Å². The Kier molecular flexibility index (Phi) is 28.5. The van der Waals surface area contributed by atoms with Crippen molar-refractivity contribution < 1.29 is 43.3 Å². The number of urea groups is 2. The van der Waals surface area contributed by atoms with E-state index in [1.54, 1.807) is 7.05 Å². The maximum atomic E-state index is 12.5. The Hall–Kier alpha value is -7.80. The summed E-state index contributed by atoms with van der Waals surface area (Å²) >= 11 is 0. The van der Waals surface area contributed by atoms with Crippen LogP contribution in [0.3, 0.4) is 0 Å². The second-order valence-electron chi connectivity index (χ2n) is 19.6. The van der Waals surface area contributed by atoms with E-state index in [1.807, 2.05) is 62.4 Å². The van der Waals surface area contributed by atoms with Crippen LogP contribution in [-0.2, 0) is 19.1 Å². The highest BCUT2D eigenvalue weighted by Gasteiger charge is 2.32. The summed E-state index contributed by atoms with van der Waals surface area (Å²) in [5.41, 5.74) is 18.7. The fourth-order valence-corrected chi connectivity index (χ4v) is 10.4. The monoisotopic (exact) mass is 1100 g/mol. The third kappa shape index (κ3) is 18.7. The zero-order valence-electron chi connectivity index (χ0n) is 44.6. The van der Waals surface area contributed by atoms with Gasteiger partial charge in [-0.05, 0) is 128 Å². The van der Waals surface area contributed by atoms with Gasteiger partial charge in [0.25, 0.3) is 0 Å². The number of hydrogen-bond acceptors (Lipinski definition) is 11. The number of carboxylic acid groups (broad SMARTS) is 1. The van der Waals surface area contributed by atoms with Crippen molar-refractivity contribution in [3.63, 3.8) is 0 Å². The zero-order chi connectivity index (χ0) is 55.1. The molecule has 10 N–H and O–H groups in total. The van der Waals surface area contributed by atoms with Gasteiger partial charge in [0.1, 0.15) is 13.2 Å². The number of ether oxygens (including phenoxy) is 2. The highest BCUT2D eigenvalue weighted by atomic mass is 16.6. The Balaban J connectivity index is 0.000000393. The number of nitrogens with one attached hydrogen (secondary N) is 7. The fourth-order valence-electron chi connectivity index (χ4n) is 10.4. The molecule has 4 aromatic carbocycles. The molecular formula is C61H88N10O9. The predicted octanol–water partition coefficient (Wildman–Crippen LogP) is 10.1. The number of alkyl carbamates (subject to hydrolysis) is 2. The van der Waals surface area contributed by atoms with Gasteiger partial charge < -0.3 is 46.9 Å². The molecule has 0 bridgehead atoms. The van der Waals surface area contributed by atoms with Crippen LogP contribution < -0.4 is 43.2 Å². The first-order valence-electron chi connectivity index (χ1n) is 26.8. The first kappa shape index (κ1) is 66.5. The van der Waals surface area contributed by atoms with Gasteiger partial charge in [-0.15, -0.1) is 0 Å². The molecular weight excluding hydrogens is 1020 g/mol. The fraction of sp³-hybridized carbons (Fsp3) is 0.475. The molecule has 2 fully saturated rings. The third-order valence-corrected chi connectivity index (χ3v) is 14.8. The first-order valence-corrected chi connectivity index (χ1v) is 26.8. The quantitative estimate of drug-likeness (QED) is 0.0336. The van der Waals surface area contributed by atoms with E-state index in [-0.39, 0.29) is 77.0 Å². The summed E-state index contributed by atoms with van der Waals surface area (Å²) in [5.74, 6) is -0.249. The van der Waals surface area contributed by atoms with E-state index in [9.17, 15) is 28.8 Å². The van der Waals surface area contributed by atoms with Gasteiger partial charge in [-0.25, -0.2) is 30.0 Å². The third-order valence-electron chi connectivity index (χ3n) is 14.8. The number of amides is 7. The number of nitrogens with zero attached hydrogens (tertiary/aromatic N) is 2. The standard InChI is InChI=1S/C29H37N5O4.C28H34N4O5.CH5N.3CH4/c1-3-21(17-32-34-28(36)31-16-19-12-14-20(15-13-19)27(35)30-2)33-29(37)38-18-26-24-10-6-4-8-22(24)23-9-5-7-11-25(23)26;1-2-20(16-30-32-27(35)29-15-18-11-13-19(14-12-18)26(33)34)31-28(36)37-17-25-23-9-5-3-7-21(23)22-8-4-6-10-24(22)25;1-2;;;/h4-11,17,19-21,26H,3,12-16,18H2,1-2H3,(H,30,35)(H,33,37)(H2,31,34,36);3-10,16,18-20,25H,2,11-15,17H2,1H3,(H,31,36)(H,33,34)(H2,29,32,35);2H2,1H3;3*1H4/b32-17+;30-16+;;;;/t19?,20?,21-;18?,19?,20-;;;;/m00..../s1. The van der Waals surface area contributed by atoms with Crippen LogP contribution in [0, 0.1) is 23.7 Å². The van der Waals surface area contributed by atoms with Crippen LogP contribution in [0.5, 0.6) is 0 Å². The minimum absolute atomic E-state index is 0. The summed E-state index contributed by atoms with van der Waals surface area (Å²) in [7, 11) is 3.16. The average Bonchev–Trinajstić information content (AvgIpc) is 4.00. The van der Waals surface area contributed by atoms with Gasteiger partial charge in [0.05, 0.1) is 18.0 Å². The molecule has 7 amide bonds. The minimum Gasteiger partial charge on any atom is -0.481 e. The average molecular weight is 1110 g/mol. The minimum atomic E-state index is -0.740. The van der Waals surface area contributed by atoms with Crippen molar-refractivity contribution in [1.29, 1.82) is 0 Å². The Labute approximate surface area is 473 Å². The number of aliphatic carboxylic acids is 1. The topological polar surface area (TPSA) is 276 Å². The van der Waals surface area contributed by atoms with Gasteiger partial charge in [-0.1, -0.05) is 133 Å². The van der Waals surface area contributed by atoms with E-state index in [2.05, 4.69) is 102 Å². The lowest BCUT2D eigenvalue weighted by molar-refractivity contribution is -0.143. The normalized spacial score (nSPS) is 18.2. The summed E-state index contributed by atoms with van der Waals surface area (Å²) in [6.07, 6.45) is 9.39. The molecule has 4 aliphatic carbocycles. The molecule has 0 saturated heterocycles. The molecule has 2 saturated carbocycles. The van der Waals surface area contributed by atoms with Crippen molar-refractivity contribution in [3.8, 4) is 22.3 Å². The Morgan fingerprint density at radius 1 is 0.550 bits per heavy atom. The summed E-state index contributed by atoms with van der Waals surface area (Å²) in [6, 6.07) is 31.1. The van der Waals surface area contributed by atoms with Gasteiger partial charge in [0.15, 0.2) is 0 Å². The summed E-state index contributed by atoms with van der Waals surface area (Å²) < 4.78 is 11.2. The number of fused-ring (bicyclic) bond motifs is 6. The molecule has 436 valence electrons. The van der Waals surface area contributed by atoms with Crippen molar-refractivity contribution in [1.82, 2.24) is 37.4 Å². The second kappa shape index (κ2) is 34.3. The number of nitrogens with two attached hydrogens (primary N) is 1. The van der Waals surface area contributed by atoms with E-state index in [0.717, 1.165) is 60.8 Å². The highest BCUT2D eigenvalue weighted by Crippen LogP contribution is 2.46. The number of hydrogen-bond donors (Lipinski definition) is 9. The molecule has 8 rings (SSSR count). The van der Waals surface area contributed by atoms with Crippen LogP contribution in [0.2, 0.25) is 0 Å². The lowest BCUT2D eigenvalue weighted by Crippen LogP contribution is -2.39. The van der Waals surface area contributed by atoms with Crippen LogP contribution >= 0.6 is 0 Å². The van der Waals surface area contributed by atoms with Crippen LogP contribution in [-0.4, -0.2) is 106 Å². The van der Waals surface area contributed by atoms with Crippen molar-refractivity contribution in [2.75, 3.05) is 40.4 Å². The number of rotatable bonds is 18. The van der Waals surface area contributed by atoms with Crippen molar-refractivity contribution in [2.45, 2.75) is 124 Å². The Morgan fingerprint density at radius 2 is 0.875 bits per heavy atom. The summed E-state index contributed by atoms with van der Waals surface area (Å²) in [4.78, 5) is 72.0. The van der Waals surface area contributed by atoms with Crippen molar-refractivity contribution >= 4 is 48.6 Å². The zero-order valence-corrected chi connectivity index (χ0v) is 44.6. The van der Waals surface area contributed by atoms with E-state index >= 15 is 0 Å². The molecule has 0 heterocycles. The first-order chi connectivity index (χ1) is 37.5. The number of carboxylic acids is 1. The van der Waals surface area contributed by atoms with E-state index in [0.29, 0.717) is 44.7 Å². The molecule has 0 spiro atoms. The number of benzene rings is 4. The number of hydrazone groups is 2. The smallest absolute Gasteiger partial charge is 0.407 e. The lowest BCUT2D eigenvalue weighted by Gasteiger charge is -2.27. The van der Waals surface area contributed by atoms with Crippen LogP contribution in [0.15, 0.2) is 107 Å². The van der Waals surface area contributed by atoms with Gasteiger partial charge >= 0.3 is 30.2 Å². The SMILES string of the molecule is C.C.C.CC[C@@H](/C=N/NC(=O)NCC1CCC(C(=O)NC)CC1)NC(=O)OCC1c2ccccc2-c2ccccc21.CC[C@@H](/C=N/NC(=O)NCC1CCC(C(=O)O)CC1)NC(=O)OCC1c2ccccc2-c2ccccc21.CN. The van der Waals surface area contributed by atoms with Crippen LogP contribution in [0.1, 0.15) is 134 Å². The molecule has 19 nitrogen and oxygen atoms in total. The molecule has 80 heavy (non-hydrogen) atoms.